The fraction of sp³-hybridized carbons (Fsp3) is 0.889. The summed E-state index contributed by atoms with van der Waals surface area (Å²) in [5.74, 6) is -0.799. The molecule has 0 aromatic rings. The molecule has 1 unspecified atom stereocenters. The molecule has 78 valence electrons. The molecular weight excluding hydrogens is 170 g/mol. The van der Waals surface area contributed by atoms with E-state index in [1.165, 1.54) is 0 Å². The van der Waals surface area contributed by atoms with Crippen molar-refractivity contribution >= 4 is 5.97 Å². The van der Waals surface area contributed by atoms with Crippen molar-refractivity contribution in [3.05, 3.63) is 0 Å². The van der Waals surface area contributed by atoms with E-state index in [4.69, 9.17) is 9.84 Å². The van der Waals surface area contributed by atoms with E-state index < -0.39 is 11.5 Å². The fourth-order valence-corrected chi connectivity index (χ4v) is 0.933. The summed E-state index contributed by atoms with van der Waals surface area (Å²) < 4.78 is 4.86. The minimum absolute atomic E-state index is 0.579. The van der Waals surface area contributed by atoms with E-state index in [1.807, 2.05) is 6.92 Å². The van der Waals surface area contributed by atoms with Gasteiger partial charge in [-0.3, -0.25) is 4.79 Å². The summed E-state index contributed by atoms with van der Waals surface area (Å²) in [6, 6.07) is 0. The number of hydrogen-bond donors (Lipinski definition) is 2. The Labute approximate surface area is 79.3 Å². The number of methoxy groups -OCH3 is 1. The van der Waals surface area contributed by atoms with Crippen LogP contribution in [0, 0.1) is 0 Å². The van der Waals surface area contributed by atoms with Crippen LogP contribution in [0.5, 0.6) is 0 Å². The summed E-state index contributed by atoms with van der Waals surface area (Å²) in [5, 5.41) is 11.9. The van der Waals surface area contributed by atoms with Crippen LogP contribution in [0.15, 0.2) is 0 Å². The van der Waals surface area contributed by atoms with Gasteiger partial charge in [-0.1, -0.05) is 6.92 Å². The van der Waals surface area contributed by atoms with E-state index in [-0.39, 0.29) is 0 Å². The van der Waals surface area contributed by atoms with E-state index in [0.717, 1.165) is 6.42 Å². The molecule has 0 aromatic heterocycles. The van der Waals surface area contributed by atoms with Crippen LogP contribution in [-0.2, 0) is 9.53 Å². The zero-order chi connectivity index (χ0) is 10.3. The molecule has 0 saturated carbocycles. The molecule has 1 atom stereocenters. The highest BCUT2D eigenvalue weighted by atomic mass is 16.5. The lowest BCUT2D eigenvalue weighted by Crippen LogP contribution is -2.49. The van der Waals surface area contributed by atoms with Gasteiger partial charge in [-0.05, 0) is 26.3 Å². The third kappa shape index (κ3) is 4.24. The van der Waals surface area contributed by atoms with Crippen molar-refractivity contribution in [1.82, 2.24) is 5.32 Å². The van der Waals surface area contributed by atoms with Gasteiger partial charge >= 0.3 is 5.97 Å². The van der Waals surface area contributed by atoms with Gasteiger partial charge < -0.3 is 15.2 Å². The molecule has 13 heavy (non-hydrogen) atoms. The summed E-state index contributed by atoms with van der Waals surface area (Å²) in [5.41, 5.74) is -0.798. The molecule has 0 heterocycles. The van der Waals surface area contributed by atoms with Crippen LogP contribution in [0.3, 0.4) is 0 Å². The summed E-state index contributed by atoms with van der Waals surface area (Å²) in [4.78, 5) is 10.8. The molecule has 0 aliphatic heterocycles. The Balaban J connectivity index is 3.78. The number of rotatable bonds is 7. The largest absolute Gasteiger partial charge is 0.480 e. The van der Waals surface area contributed by atoms with Crippen LogP contribution >= 0.6 is 0 Å². The third-order valence-electron chi connectivity index (χ3n) is 2.22. The second-order valence-corrected chi connectivity index (χ2v) is 3.26. The Morgan fingerprint density at radius 2 is 2.23 bits per heavy atom. The first-order valence-corrected chi connectivity index (χ1v) is 4.54. The van der Waals surface area contributed by atoms with Crippen molar-refractivity contribution in [3.8, 4) is 0 Å². The van der Waals surface area contributed by atoms with E-state index in [9.17, 15) is 4.79 Å². The maximum Gasteiger partial charge on any atom is 0.323 e. The standard InChI is InChI=1S/C9H19NO3/c1-4-9(2,8(11)12)10-6-5-7-13-3/h10H,4-7H2,1-3H3,(H,11,12). The molecule has 0 spiro atoms. The lowest BCUT2D eigenvalue weighted by atomic mass is 9.99. The molecule has 0 radical (unpaired) electrons. The zero-order valence-corrected chi connectivity index (χ0v) is 8.59. The van der Waals surface area contributed by atoms with Gasteiger partial charge in [-0.15, -0.1) is 0 Å². The van der Waals surface area contributed by atoms with Gasteiger partial charge in [-0.2, -0.15) is 0 Å². The van der Waals surface area contributed by atoms with Crippen LogP contribution in [-0.4, -0.2) is 36.9 Å². The fourth-order valence-electron chi connectivity index (χ4n) is 0.933. The quantitative estimate of drug-likeness (QED) is 0.583. The van der Waals surface area contributed by atoms with Gasteiger partial charge in [0.05, 0.1) is 0 Å². The van der Waals surface area contributed by atoms with Crippen molar-refractivity contribution in [3.63, 3.8) is 0 Å². The van der Waals surface area contributed by atoms with Gasteiger partial charge in [-0.25, -0.2) is 0 Å². The molecule has 0 bridgehead atoms. The number of carboxylic acids is 1. The van der Waals surface area contributed by atoms with E-state index in [0.29, 0.717) is 19.6 Å². The summed E-state index contributed by atoms with van der Waals surface area (Å²) >= 11 is 0. The van der Waals surface area contributed by atoms with Crippen LogP contribution in [0.25, 0.3) is 0 Å². The minimum Gasteiger partial charge on any atom is -0.480 e. The van der Waals surface area contributed by atoms with Gasteiger partial charge in [0.25, 0.3) is 0 Å². The van der Waals surface area contributed by atoms with Crippen molar-refractivity contribution in [2.24, 2.45) is 0 Å². The SMILES string of the molecule is CCC(C)(NCCCOC)C(=O)O. The molecule has 4 heteroatoms. The Morgan fingerprint density at radius 1 is 1.62 bits per heavy atom. The second-order valence-electron chi connectivity index (χ2n) is 3.26. The average molecular weight is 189 g/mol. The molecule has 0 fully saturated rings. The van der Waals surface area contributed by atoms with Crippen LogP contribution in [0.1, 0.15) is 26.7 Å². The summed E-state index contributed by atoms with van der Waals surface area (Å²) in [7, 11) is 1.64. The number of carboxylic acid groups (broad SMARTS) is 1. The molecule has 0 amide bonds. The molecule has 2 N–H and O–H groups in total. The molecule has 0 aliphatic rings. The zero-order valence-electron chi connectivity index (χ0n) is 8.59. The van der Waals surface area contributed by atoms with Gasteiger partial charge in [0.2, 0.25) is 0 Å². The minimum atomic E-state index is -0.799. The van der Waals surface area contributed by atoms with E-state index >= 15 is 0 Å². The molecule has 4 nitrogen and oxygen atoms in total. The summed E-state index contributed by atoms with van der Waals surface area (Å²) in [6.45, 7) is 4.89. The average Bonchev–Trinajstić information content (AvgIpc) is 2.12. The molecule has 0 saturated heterocycles. The van der Waals surface area contributed by atoms with Crippen molar-refractivity contribution in [1.29, 1.82) is 0 Å². The molecule has 0 aromatic carbocycles. The number of carbonyl (C=O) groups is 1. The first-order chi connectivity index (χ1) is 6.06. The Kier molecular flexibility index (Phi) is 5.66. The molecule has 0 aliphatic carbocycles. The van der Waals surface area contributed by atoms with E-state index in [2.05, 4.69) is 5.32 Å². The second kappa shape index (κ2) is 5.94. The first kappa shape index (κ1) is 12.4. The van der Waals surface area contributed by atoms with Crippen LogP contribution < -0.4 is 5.32 Å². The van der Waals surface area contributed by atoms with Gasteiger partial charge in [0, 0.05) is 13.7 Å². The number of nitrogens with one attached hydrogen (secondary N) is 1. The monoisotopic (exact) mass is 189 g/mol. The van der Waals surface area contributed by atoms with Crippen molar-refractivity contribution < 1.29 is 14.6 Å². The normalized spacial score (nSPS) is 15.3. The Bertz CT molecular complexity index is 161. The lowest BCUT2D eigenvalue weighted by Gasteiger charge is -2.24. The lowest BCUT2D eigenvalue weighted by molar-refractivity contribution is -0.144. The predicted octanol–water partition coefficient (Wildman–Crippen LogP) is 0.866. The first-order valence-electron chi connectivity index (χ1n) is 4.54. The molecule has 0 rings (SSSR count). The highest BCUT2D eigenvalue weighted by Crippen LogP contribution is 2.08. The van der Waals surface area contributed by atoms with Crippen molar-refractivity contribution in [2.45, 2.75) is 32.2 Å². The Morgan fingerprint density at radius 3 is 2.62 bits per heavy atom. The van der Waals surface area contributed by atoms with Crippen molar-refractivity contribution in [2.75, 3.05) is 20.3 Å². The third-order valence-corrected chi connectivity index (χ3v) is 2.22. The van der Waals surface area contributed by atoms with Crippen LogP contribution in [0.4, 0.5) is 0 Å². The maximum absolute atomic E-state index is 10.8. The highest BCUT2D eigenvalue weighted by Gasteiger charge is 2.29. The predicted molar refractivity (Wildman–Crippen MR) is 50.8 cm³/mol. The Hall–Kier alpha value is -0.610. The summed E-state index contributed by atoms with van der Waals surface area (Å²) in [6.07, 6.45) is 1.41. The number of ether oxygens (including phenoxy) is 1. The van der Waals surface area contributed by atoms with E-state index in [1.54, 1.807) is 14.0 Å². The number of aliphatic carboxylic acids is 1. The highest BCUT2D eigenvalue weighted by molar-refractivity contribution is 5.78. The van der Waals surface area contributed by atoms with Gasteiger partial charge in [0.15, 0.2) is 0 Å². The van der Waals surface area contributed by atoms with Gasteiger partial charge in [0.1, 0.15) is 5.54 Å². The molecular formula is C9H19NO3. The van der Waals surface area contributed by atoms with Crippen LogP contribution in [0.2, 0.25) is 0 Å². The number of hydrogen-bond acceptors (Lipinski definition) is 3. The topological polar surface area (TPSA) is 58.6 Å². The maximum atomic E-state index is 10.8. The smallest absolute Gasteiger partial charge is 0.323 e.